The van der Waals surface area contributed by atoms with E-state index in [1.165, 1.54) is 0 Å². The number of nitrogens with one attached hydrogen (secondary N) is 1. The predicted molar refractivity (Wildman–Crippen MR) is 89.4 cm³/mol. The van der Waals surface area contributed by atoms with Crippen LogP contribution in [0.15, 0.2) is 24.3 Å². The summed E-state index contributed by atoms with van der Waals surface area (Å²) in [7, 11) is 0. The third-order valence-electron chi connectivity index (χ3n) is 2.29. The van der Waals surface area contributed by atoms with Crippen LogP contribution in [0.4, 0.5) is 4.79 Å². The van der Waals surface area contributed by atoms with Gasteiger partial charge in [-0.05, 0) is 61.6 Å². The van der Waals surface area contributed by atoms with E-state index in [0.29, 0.717) is 5.56 Å². The summed E-state index contributed by atoms with van der Waals surface area (Å²) in [6.45, 7) is 4.55. The third-order valence-corrected chi connectivity index (χ3v) is 2.96. The van der Waals surface area contributed by atoms with Crippen LogP contribution in [0.2, 0.25) is 0 Å². The number of nitrogens with zero attached hydrogens (tertiary/aromatic N) is 1. The van der Waals surface area contributed by atoms with Crippen molar-refractivity contribution in [2.75, 3.05) is 6.73 Å². The number of amides is 1. The lowest BCUT2D eigenvalue weighted by Gasteiger charge is -2.25. The average molecular weight is 423 g/mol. The lowest BCUT2D eigenvalue weighted by molar-refractivity contribution is 0.0103. The zero-order chi connectivity index (χ0) is 16.9. The fraction of sp³-hybridized carbons (Fsp3) is 0.357. The second-order valence-electron chi connectivity index (χ2n) is 5.36. The van der Waals surface area contributed by atoms with Gasteiger partial charge in [0.15, 0.2) is 6.73 Å². The predicted octanol–water partition coefficient (Wildman–Crippen LogP) is 2.54. The third kappa shape index (κ3) is 5.88. The van der Waals surface area contributed by atoms with Crippen LogP contribution < -0.4 is 5.73 Å². The van der Waals surface area contributed by atoms with Gasteiger partial charge in [0.25, 0.3) is 0 Å². The first kappa shape index (κ1) is 18.2. The Morgan fingerprint density at radius 2 is 2.00 bits per heavy atom. The molecule has 0 saturated heterocycles. The van der Waals surface area contributed by atoms with Crippen molar-refractivity contribution in [1.82, 2.24) is 4.90 Å². The van der Waals surface area contributed by atoms with Crippen LogP contribution in [0, 0.1) is 8.98 Å². The number of esters is 1. The van der Waals surface area contributed by atoms with Crippen molar-refractivity contribution >= 4 is 40.6 Å². The second kappa shape index (κ2) is 7.43. The van der Waals surface area contributed by atoms with Crippen LogP contribution in [0.5, 0.6) is 0 Å². The minimum atomic E-state index is -0.851. The lowest BCUT2D eigenvalue weighted by atomic mass is 10.2. The largest absolute Gasteiger partial charge is 0.443 e. The first-order valence-electron chi connectivity index (χ1n) is 6.37. The molecule has 0 aliphatic carbocycles. The fourth-order valence-corrected chi connectivity index (χ4v) is 1.90. The summed E-state index contributed by atoms with van der Waals surface area (Å²) < 4.78 is 11.0. The number of guanidine groups is 1. The van der Waals surface area contributed by atoms with E-state index >= 15 is 0 Å². The van der Waals surface area contributed by atoms with Crippen molar-refractivity contribution in [2.24, 2.45) is 5.73 Å². The fourth-order valence-electron chi connectivity index (χ4n) is 1.36. The number of carbonyl (C=O) groups excluding carboxylic acids is 2. The number of halogens is 1. The quantitative estimate of drug-likeness (QED) is 0.256. The molecule has 120 valence electrons. The first-order chi connectivity index (χ1) is 10.1. The zero-order valence-corrected chi connectivity index (χ0v) is 14.7. The highest BCUT2D eigenvalue weighted by Crippen LogP contribution is 2.11. The van der Waals surface area contributed by atoms with Crippen molar-refractivity contribution in [3.05, 3.63) is 33.4 Å². The maximum Gasteiger partial charge on any atom is 0.419 e. The van der Waals surface area contributed by atoms with Gasteiger partial charge >= 0.3 is 12.1 Å². The number of nitrogens with two attached hydrogens (primary N) is 1. The van der Waals surface area contributed by atoms with Crippen molar-refractivity contribution in [1.29, 1.82) is 5.41 Å². The molecule has 0 aliphatic heterocycles. The number of carbonyl (C=O) groups is 2. The molecular formula is C14H18IN3O4. The van der Waals surface area contributed by atoms with E-state index in [4.69, 9.17) is 20.6 Å². The van der Waals surface area contributed by atoms with Crippen LogP contribution in [0.25, 0.3) is 0 Å². The van der Waals surface area contributed by atoms with Crippen LogP contribution in [-0.2, 0) is 9.47 Å². The molecule has 3 N–H and O–H groups in total. The normalized spacial score (nSPS) is 10.7. The molecule has 1 amide bonds. The van der Waals surface area contributed by atoms with Gasteiger partial charge in [0.2, 0.25) is 5.96 Å². The van der Waals surface area contributed by atoms with Gasteiger partial charge in [-0.25, -0.2) is 14.5 Å². The van der Waals surface area contributed by atoms with E-state index in [1.807, 2.05) is 6.07 Å². The van der Waals surface area contributed by atoms with E-state index in [1.54, 1.807) is 39.0 Å². The smallest absolute Gasteiger partial charge is 0.419 e. The van der Waals surface area contributed by atoms with Crippen LogP contribution in [0.1, 0.15) is 31.1 Å². The highest BCUT2D eigenvalue weighted by atomic mass is 131. The Morgan fingerprint density at radius 3 is 2.50 bits per heavy atom. The Kier molecular flexibility index (Phi) is 6.15. The van der Waals surface area contributed by atoms with Gasteiger partial charge in [0.05, 0.1) is 5.56 Å². The summed E-state index contributed by atoms with van der Waals surface area (Å²) in [6, 6.07) is 6.79. The molecule has 0 fully saturated rings. The molecule has 22 heavy (non-hydrogen) atoms. The minimum absolute atomic E-state index is 0.347. The Balaban J connectivity index is 2.71. The van der Waals surface area contributed by atoms with Gasteiger partial charge in [0, 0.05) is 3.57 Å². The summed E-state index contributed by atoms with van der Waals surface area (Å²) in [5.41, 5.74) is 4.92. The minimum Gasteiger partial charge on any atom is -0.443 e. The summed E-state index contributed by atoms with van der Waals surface area (Å²) in [5.74, 6) is -1.18. The Hall–Kier alpha value is -1.84. The number of ether oxygens (including phenoxy) is 2. The van der Waals surface area contributed by atoms with Gasteiger partial charge in [-0.3, -0.25) is 5.41 Å². The summed E-state index contributed by atoms with van der Waals surface area (Å²) >= 11 is 2.07. The van der Waals surface area contributed by atoms with Gasteiger partial charge < -0.3 is 15.2 Å². The molecule has 1 rings (SSSR count). The second-order valence-corrected chi connectivity index (χ2v) is 6.61. The van der Waals surface area contributed by atoms with E-state index in [0.717, 1.165) is 8.47 Å². The molecule has 0 atom stereocenters. The van der Waals surface area contributed by atoms with Crippen LogP contribution in [0.3, 0.4) is 0 Å². The number of hydrogen-bond donors (Lipinski definition) is 2. The Morgan fingerprint density at radius 1 is 1.36 bits per heavy atom. The monoisotopic (exact) mass is 423 g/mol. The van der Waals surface area contributed by atoms with Crippen LogP contribution >= 0.6 is 22.6 Å². The molecule has 7 nitrogen and oxygen atoms in total. The topological polar surface area (TPSA) is 106 Å². The first-order valence-corrected chi connectivity index (χ1v) is 7.45. The molecular weight excluding hydrogens is 405 g/mol. The summed E-state index contributed by atoms with van der Waals surface area (Å²) in [5, 5.41) is 7.38. The van der Waals surface area contributed by atoms with E-state index in [9.17, 15) is 9.59 Å². The Bertz CT molecular complexity index is 584. The molecule has 0 aromatic heterocycles. The van der Waals surface area contributed by atoms with Gasteiger partial charge in [-0.2, -0.15) is 0 Å². The van der Waals surface area contributed by atoms with Crippen molar-refractivity contribution in [2.45, 2.75) is 26.4 Å². The summed E-state index contributed by atoms with van der Waals surface area (Å²) in [4.78, 5) is 24.5. The SMILES string of the molecule is CC(C)(C)OC(=O)N(COC(=O)c1cccc([131I])c1)C(=N)N. The standard InChI is InChI=1S/C14H18IN3O4/c1-14(2,3)22-13(20)18(12(16)17)8-21-11(19)9-5-4-6-10(15)7-9/h4-7H,8H2,1-3H3,(H3,16,17)/i15+4. The van der Waals surface area contributed by atoms with Crippen molar-refractivity contribution in [3.8, 4) is 0 Å². The Labute approximate surface area is 142 Å². The van der Waals surface area contributed by atoms with Gasteiger partial charge in [0.1, 0.15) is 5.60 Å². The molecule has 0 spiro atoms. The van der Waals surface area contributed by atoms with E-state index < -0.39 is 30.4 Å². The molecule has 0 heterocycles. The summed E-state index contributed by atoms with van der Waals surface area (Å²) in [6.07, 6.45) is -0.851. The van der Waals surface area contributed by atoms with Crippen LogP contribution in [-0.4, -0.2) is 35.3 Å². The van der Waals surface area contributed by atoms with Crippen molar-refractivity contribution < 1.29 is 19.1 Å². The number of benzene rings is 1. The highest BCUT2D eigenvalue weighted by molar-refractivity contribution is 14.1. The van der Waals surface area contributed by atoms with Gasteiger partial charge in [-0.1, -0.05) is 6.07 Å². The molecule has 1 aromatic carbocycles. The number of rotatable bonds is 3. The molecule has 0 unspecified atom stereocenters. The number of hydrogen-bond acceptors (Lipinski definition) is 5. The maximum absolute atomic E-state index is 11.9. The highest BCUT2D eigenvalue weighted by Gasteiger charge is 2.25. The van der Waals surface area contributed by atoms with Gasteiger partial charge in [-0.15, -0.1) is 0 Å². The van der Waals surface area contributed by atoms with E-state index in [-0.39, 0.29) is 0 Å². The lowest BCUT2D eigenvalue weighted by Crippen LogP contribution is -2.45. The zero-order valence-electron chi connectivity index (χ0n) is 12.6. The molecule has 0 radical (unpaired) electrons. The average Bonchev–Trinajstić information content (AvgIpc) is 2.36. The molecule has 8 heteroatoms. The molecule has 1 aromatic rings. The van der Waals surface area contributed by atoms with Crippen molar-refractivity contribution in [3.63, 3.8) is 0 Å². The maximum atomic E-state index is 11.9. The molecule has 0 aliphatic rings. The molecule has 0 bridgehead atoms. The molecule has 0 saturated carbocycles. The van der Waals surface area contributed by atoms with E-state index in [2.05, 4.69) is 22.6 Å².